The fourth-order valence-corrected chi connectivity index (χ4v) is 1.09. The van der Waals surface area contributed by atoms with Crippen LogP contribution in [0.2, 0.25) is 0 Å². The van der Waals surface area contributed by atoms with E-state index < -0.39 is 0 Å². The molecule has 0 amide bonds. The van der Waals surface area contributed by atoms with Crippen LogP contribution in [0, 0.1) is 18.2 Å². The van der Waals surface area contributed by atoms with Crippen molar-refractivity contribution in [1.82, 2.24) is 0 Å². The predicted octanol–water partition coefficient (Wildman–Crippen LogP) is 5.33. The molecule has 1 heteroatoms. The second-order valence-corrected chi connectivity index (χ2v) is 3.85. The van der Waals surface area contributed by atoms with Gasteiger partial charge in [-0.05, 0) is 0 Å². The zero-order valence-electron chi connectivity index (χ0n) is 12.5. The minimum atomic E-state index is 0. The van der Waals surface area contributed by atoms with Crippen molar-refractivity contribution < 1.29 is 26.2 Å². The van der Waals surface area contributed by atoms with E-state index in [0.29, 0.717) is 0 Å². The molecule has 0 fully saturated rings. The zero-order chi connectivity index (χ0) is 13.6. The Kier molecular flexibility index (Phi) is 16.7. The van der Waals surface area contributed by atoms with Gasteiger partial charge in [0.1, 0.15) is 0 Å². The van der Waals surface area contributed by atoms with E-state index in [1.165, 1.54) is 11.1 Å². The molecule has 0 spiro atoms. The van der Waals surface area contributed by atoms with Crippen LogP contribution in [0.5, 0.6) is 0 Å². The van der Waals surface area contributed by atoms with Crippen LogP contribution in [0.3, 0.4) is 0 Å². The summed E-state index contributed by atoms with van der Waals surface area (Å²) in [5.74, 6) is 0. The minimum Gasteiger partial charge on any atom is -0.275 e. The van der Waals surface area contributed by atoms with Gasteiger partial charge in [-0.2, -0.15) is 18.2 Å². The average molecular weight is 331 g/mol. The summed E-state index contributed by atoms with van der Waals surface area (Å²) in [6.07, 6.45) is 25.2. The van der Waals surface area contributed by atoms with Crippen LogP contribution < -0.4 is 0 Å². The third-order valence-electron chi connectivity index (χ3n) is 2.57. The van der Waals surface area contributed by atoms with E-state index in [1.54, 1.807) is 0 Å². The number of rotatable bonds is 1. The standard InChI is InChI=1S/C8H13.2C5H5.Zr/c1-5-7(3)8(4)6-2;2*1-2-4-5-3-1;/h5H,1-4H3;2*1-3H,4H2;/q3*-1;+3. The third-order valence-corrected chi connectivity index (χ3v) is 2.57. The van der Waals surface area contributed by atoms with Gasteiger partial charge in [-0.15, -0.1) is 26.7 Å². The molecule has 2 aliphatic rings. The number of allylic oxidation sites excluding steroid dienone is 12. The summed E-state index contributed by atoms with van der Waals surface area (Å²) in [4.78, 5) is 0. The first kappa shape index (κ1) is 20.6. The fraction of sp³-hybridized carbons (Fsp3) is 0.333. The summed E-state index contributed by atoms with van der Waals surface area (Å²) in [5.41, 5.74) is 2.56. The van der Waals surface area contributed by atoms with E-state index >= 15 is 0 Å². The van der Waals surface area contributed by atoms with E-state index in [1.807, 2.05) is 38.2 Å². The van der Waals surface area contributed by atoms with E-state index in [-0.39, 0.29) is 26.2 Å². The topological polar surface area (TPSA) is 0 Å². The molecular formula is C18H23Zr. The van der Waals surface area contributed by atoms with Gasteiger partial charge in [-0.1, -0.05) is 13.8 Å². The molecule has 0 N–H and O–H groups in total. The van der Waals surface area contributed by atoms with Gasteiger partial charge in [0.25, 0.3) is 0 Å². The predicted molar refractivity (Wildman–Crippen MR) is 80.7 cm³/mol. The van der Waals surface area contributed by atoms with E-state index in [9.17, 15) is 0 Å². The van der Waals surface area contributed by atoms with E-state index in [2.05, 4.69) is 50.3 Å². The number of hydrogen-bond donors (Lipinski definition) is 0. The van der Waals surface area contributed by atoms with Crippen molar-refractivity contribution in [2.45, 2.75) is 40.5 Å². The van der Waals surface area contributed by atoms with Crippen molar-refractivity contribution in [3.8, 4) is 0 Å². The molecule has 0 unspecified atom stereocenters. The molecule has 99 valence electrons. The van der Waals surface area contributed by atoms with Crippen molar-refractivity contribution in [3.05, 3.63) is 71.9 Å². The molecule has 19 heavy (non-hydrogen) atoms. The van der Waals surface area contributed by atoms with Crippen LogP contribution in [0.1, 0.15) is 40.5 Å². The zero-order valence-corrected chi connectivity index (χ0v) is 14.9. The fourth-order valence-electron chi connectivity index (χ4n) is 1.09. The molecule has 0 nitrogen and oxygen atoms in total. The third kappa shape index (κ3) is 13.6. The Hall–Kier alpha value is -0.677. The molecule has 0 heterocycles. The first-order valence-electron chi connectivity index (χ1n) is 6.30. The van der Waals surface area contributed by atoms with E-state index in [0.717, 1.165) is 12.8 Å². The summed E-state index contributed by atoms with van der Waals surface area (Å²) in [5, 5.41) is 0. The second-order valence-electron chi connectivity index (χ2n) is 3.85. The maximum Gasteiger partial charge on any atom is 3.00 e. The molecule has 0 atom stereocenters. The summed E-state index contributed by atoms with van der Waals surface area (Å²) < 4.78 is 0. The first-order valence-corrected chi connectivity index (χ1v) is 6.30. The van der Waals surface area contributed by atoms with Crippen LogP contribution in [0.25, 0.3) is 0 Å². The molecule has 0 saturated carbocycles. The van der Waals surface area contributed by atoms with Gasteiger partial charge in [0.2, 0.25) is 0 Å². The van der Waals surface area contributed by atoms with Gasteiger partial charge in [-0.25, -0.2) is 35.5 Å². The van der Waals surface area contributed by atoms with Crippen LogP contribution in [-0.2, 0) is 26.2 Å². The normalized spacial score (nSPS) is 15.4. The van der Waals surface area contributed by atoms with E-state index in [4.69, 9.17) is 0 Å². The first-order chi connectivity index (χ1) is 8.72. The summed E-state index contributed by atoms with van der Waals surface area (Å²) in [6, 6.07) is 0. The van der Waals surface area contributed by atoms with Gasteiger partial charge < -0.3 is 0 Å². The van der Waals surface area contributed by atoms with Crippen molar-refractivity contribution >= 4 is 0 Å². The largest absolute Gasteiger partial charge is 3.00 e. The maximum atomic E-state index is 3.06. The smallest absolute Gasteiger partial charge is 0.275 e. The Morgan fingerprint density at radius 2 is 1.53 bits per heavy atom. The van der Waals surface area contributed by atoms with Crippen LogP contribution in [0.15, 0.2) is 53.7 Å². The minimum absolute atomic E-state index is 0. The summed E-state index contributed by atoms with van der Waals surface area (Å²) in [7, 11) is 0. The van der Waals surface area contributed by atoms with Crippen LogP contribution in [-0.4, -0.2) is 0 Å². The van der Waals surface area contributed by atoms with Crippen molar-refractivity contribution in [2.24, 2.45) is 0 Å². The van der Waals surface area contributed by atoms with Gasteiger partial charge in [0, 0.05) is 0 Å². The summed E-state index contributed by atoms with van der Waals surface area (Å²) in [6.45, 7) is 8.12. The molecule has 0 saturated heterocycles. The van der Waals surface area contributed by atoms with Crippen LogP contribution >= 0.6 is 0 Å². The quantitative estimate of drug-likeness (QED) is 0.450. The molecule has 0 aliphatic heterocycles. The Morgan fingerprint density at radius 1 is 1.05 bits per heavy atom. The Balaban J connectivity index is 0. The monoisotopic (exact) mass is 329 g/mol. The number of hydrogen-bond acceptors (Lipinski definition) is 0. The molecule has 2 rings (SSSR count). The molecule has 0 aromatic heterocycles. The maximum absolute atomic E-state index is 3.06. The van der Waals surface area contributed by atoms with Crippen molar-refractivity contribution in [2.75, 3.05) is 0 Å². The Labute approximate surface area is 138 Å². The van der Waals surface area contributed by atoms with Gasteiger partial charge in [0.05, 0.1) is 0 Å². The molecule has 0 bridgehead atoms. The van der Waals surface area contributed by atoms with Crippen molar-refractivity contribution in [3.63, 3.8) is 0 Å². The van der Waals surface area contributed by atoms with Gasteiger partial charge >= 0.3 is 26.2 Å². The van der Waals surface area contributed by atoms with Crippen molar-refractivity contribution in [1.29, 1.82) is 0 Å². The van der Waals surface area contributed by atoms with Gasteiger partial charge in [0.15, 0.2) is 0 Å². The molecule has 2 aliphatic carbocycles. The second kappa shape index (κ2) is 15.4. The average Bonchev–Trinajstić information content (AvgIpc) is 3.12. The molecule has 0 aromatic rings. The molecule has 1 radical (unpaired) electrons. The SMILES string of the molecule is C[C-]=C(C)C(C)=CC.[C-]1=CC=CC1.[C-]1=CC=CC1.[Zr+3]. The van der Waals surface area contributed by atoms with Gasteiger partial charge in [-0.3, -0.25) is 18.2 Å². The van der Waals surface area contributed by atoms with Crippen LogP contribution in [0.4, 0.5) is 0 Å². The Morgan fingerprint density at radius 3 is 1.63 bits per heavy atom. The molecule has 0 aromatic carbocycles. The Bertz CT molecular complexity index is 318. The summed E-state index contributed by atoms with van der Waals surface area (Å²) >= 11 is 0. The molecular weight excluding hydrogens is 307 g/mol.